The Bertz CT molecular complexity index is 713. The zero-order valence-corrected chi connectivity index (χ0v) is 25.2. The van der Waals surface area contributed by atoms with Crippen LogP contribution in [0.15, 0.2) is 24.3 Å². The number of rotatable bonds is 27. The van der Waals surface area contributed by atoms with Gasteiger partial charge in [-0.15, -0.1) is 0 Å². The van der Waals surface area contributed by atoms with Crippen LogP contribution < -0.4 is 5.32 Å². The molecule has 0 rings (SSSR count). The third-order valence-electron chi connectivity index (χ3n) is 5.85. The molecule has 2 atom stereocenters. The fourth-order valence-corrected chi connectivity index (χ4v) is 4.38. The van der Waals surface area contributed by atoms with E-state index < -0.39 is 26.5 Å². The molecule has 1 amide bonds. The number of carbonyl (C=O) groups is 2. The van der Waals surface area contributed by atoms with Crippen molar-refractivity contribution < 1.29 is 37.9 Å². The lowest BCUT2D eigenvalue weighted by Crippen LogP contribution is -2.27. The quantitative estimate of drug-likeness (QED) is 0.0436. The van der Waals surface area contributed by atoms with Gasteiger partial charge in [-0.3, -0.25) is 18.6 Å². The van der Waals surface area contributed by atoms with Crippen LogP contribution in [0.3, 0.4) is 0 Å². The zero-order chi connectivity index (χ0) is 29.0. The van der Waals surface area contributed by atoms with Gasteiger partial charge in [0.25, 0.3) is 0 Å². The second kappa shape index (κ2) is 26.7. The second-order valence-electron chi connectivity index (χ2n) is 9.72. The number of hydrogen-bond donors (Lipinski definition) is 3. The van der Waals surface area contributed by atoms with Crippen LogP contribution in [0.2, 0.25) is 0 Å². The topological polar surface area (TPSA) is 131 Å². The number of unbranched alkanes of at least 4 members (excludes halogenated alkanes) is 10. The predicted octanol–water partition coefficient (Wildman–Crippen LogP) is 6.53. The van der Waals surface area contributed by atoms with Crippen LogP contribution in [0.5, 0.6) is 0 Å². The zero-order valence-electron chi connectivity index (χ0n) is 24.3. The van der Waals surface area contributed by atoms with Crippen molar-refractivity contribution in [2.75, 3.05) is 26.4 Å². The molecule has 228 valence electrons. The number of nitrogens with one attached hydrogen (secondary N) is 1. The number of aliphatic hydroxyl groups excluding tert-OH is 1. The molecule has 9 nitrogen and oxygen atoms in total. The molecule has 0 aromatic rings. The van der Waals surface area contributed by atoms with Gasteiger partial charge in [-0.25, -0.2) is 4.57 Å². The molecule has 0 radical (unpaired) electrons. The predicted molar refractivity (Wildman–Crippen MR) is 155 cm³/mol. The lowest BCUT2D eigenvalue weighted by atomic mass is 10.1. The van der Waals surface area contributed by atoms with E-state index in [1.54, 1.807) is 0 Å². The Morgan fingerprint density at radius 1 is 0.795 bits per heavy atom. The van der Waals surface area contributed by atoms with E-state index in [0.29, 0.717) is 12.8 Å². The molecule has 0 saturated carbocycles. The van der Waals surface area contributed by atoms with Gasteiger partial charge in [0.05, 0.1) is 13.2 Å². The molecule has 0 bridgehead atoms. The SMILES string of the molecule is CCCCC/C=C\C/C=C\CCCCCCCCCC(=O)NCCOP(=O)(O)OCC(O)COC(=O)CCC. The maximum atomic E-state index is 11.9. The molecule has 3 N–H and O–H groups in total. The number of esters is 1. The summed E-state index contributed by atoms with van der Waals surface area (Å²) in [4.78, 5) is 32.8. The number of allylic oxidation sites excluding steroid dienone is 4. The van der Waals surface area contributed by atoms with Crippen LogP contribution in [0.1, 0.15) is 117 Å². The lowest BCUT2D eigenvalue weighted by molar-refractivity contribution is -0.147. The summed E-state index contributed by atoms with van der Waals surface area (Å²) in [5.41, 5.74) is 0. The van der Waals surface area contributed by atoms with E-state index in [2.05, 4.69) is 41.1 Å². The van der Waals surface area contributed by atoms with Crippen molar-refractivity contribution in [2.45, 2.75) is 123 Å². The minimum absolute atomic E-state index is 0.0770. The highest BCUT2D eigenvalue weighted by molar-refractivity contribution is 7.47. The summed E-state index contributed by atoms with van der Waals surface area (Å²) in [5.74, 6) is -0.582. The van der Waals surface area contributed by atoms with Gasteiger partial charge in [-0.2, -0.15) is 0 Å². The Morgan fingerprint density at radius 3 is 2.05 bits per heavy atom. The van der Waals surface area contributed by atoms with E-state index in [4.69, 9.17) is 9.26 Å². The van der Waals surface area contributed by atoms with Gasteiger partial charge in [0.15, 0.2) is 0 Å². The number of amides is 1. The van der Waals surface area contributed by atoms with Gasteiger partial charge in [-0.1, -0.05) is 83.1 Å². The average molecular weight is 576 g/mol. The van der Waals surface area contributed by atoms with Gasteiger partial charge < -0.3 is 20.1 Å². The van der Waals surface area contributed by atoms with Crippen LogP contribution in [-0.4, -0.2) is 54.3 Å². The smallest absolute Gasteiger partial charge is 0.463 e. The van der Waals surface area contributed by atoms with Crippen molar-refractivity contribution in [3.8, 4) is 0 Å². The fraction of sp³-hybridized carbons (Fsp3) is 0.793. The summed E-state index contributed by atoms with van der Waals surface area (Å²) in [5, 5.41) is 12.3. The van der Waals surface area contributed by atoms with Crippen LogP contribution >= 0.6 is 7.82 Å². The van der Waals surface area contributed by atoms with E-state index in [1.165, 1.54) is 51.4 Å². The Labute approximate surface area is 236 Å². The first-order valence-corrected chi connectivity index (χ1v) is 16.3. The Morgan fingerprint density at radius 2 is 1.41 bits per heavy atom. The monoisotopic (exact) mass is 575 g/mol. The number of hydrogen-bond acceptors (Lipinski definition) is 7. The third-order valence-corrected chi connectivity index (χ3v) is 6.84. The van der Waals surface area contributed by atoms with Crippen molar-refractivity contribution in [1.29, 1.82) is 0 Å². The highest BCUT2D eigenvalue weighted by atomic mass is 31.2. The minimum Gasteiger partial charge on any atom is -0.463 e. The summed E-state index contributed by atoms with van der Waals surface area (Å²) in [6.07, 6.45) is 24.2. The first kappa shape index (κ1) is 37.5. The normalized spacial score (nSPS) is 14.1. The molecule has 0 spiro atoms. The molecule has 0 heterocycles. The van der Waals surface area contributed by atoms with Crippen LogP contribution in [0.25, 0.3) is 0 Å². The first-order chi connectivity index (χ1) is 18.8. The molecule has 0 aliphatic rings. The molecule has 0 aromatic heterocycles. The highest BCUT2D eigenvalue weighted by Gasteiger charge is 2.23. The second-order valence-corrected chi connectivity index (χ2v) is 11.2. The van der Waals surface area contributed by atoms with E-state index in [9.17, 15) is 24.2 Å². The van der Waals surface area contributed by atoms with Gasteiger partial charge >= 0.3 is 13.8 Å². The average Bonchev–Trinajstić information content (AvgIpc) is 2.90. The van der Waals surface area contributed by atoms with E-state index >= 15 is 0 Å². The molecule has 0 fully saturated rings. The van der Waals surface area contributed by atoms with Crippen molar-refractivity contribution in [1.82, 2.24) is 5.32 Å². The molecule has 0 saturated heterocycles. The number of ether oxygens (including phenoxy) is 1. The molecule has 0 aliphatic heterocycles. The van der Waals surface area contributed by atoms with Gasteiger partial charge in [0.1, 0.15) is 12.7 Å². The van der Waals surface area contributed by atoms with Crippen molar-refractivity contribution in [3.63, 3.8) is 0 Å². The fourth-order valence-electron chi connectivity index (χ4n) is 3.62. The standard InChI is InChI=1S/C29H54NO8P/c1-3-5-6-7-8-9-10-11-12-13-14-15-16-17-18-19-20-22-28(32)30-23-24-37-39(34,35)38-26-27(31)25-36-29(33)21-4-2/h8-9,11-12,27,31H,3-7,10,13-26H2,1-2H3,(H,30,32)(H,34,35)/b9-8-,12-11-. The summed E-state index contributed by atoms with van der Waals surface area (Å²) in [7, 11) is -4.38. The Kier molecular flexibility index (Phi) is 25.7. The summed E-state index contributed by atoms with van der Waals surface area (Å²) >= 11 is 0. The lowest BCUT2D eigenvalue weighted by Gasteiger charge is -2.15. The molecule has 0 aromatic carbocycles. The van der Waals surface area contributed by atoms with E-state index in [1.807, 2.05) is 6.92 Å². The summed E-state index contributed by atoms with van der Waals surface area (Å²) in [6.45, 7) is 3.07. The van der Waals surface area contributed by atoms with E-state index in [0.717, 1.165) is 32.1 Å². The van der Waals surface area contributed by atoms with Gasteiger partial charge in [0.2, 0.25) is 5.91 Å². The largest absolute Gasteiger partial charge is 0.472 e. The number of carbonyl (C=O) groups excluding carboxylic acids is 2. The minimum atomic E-state index is -4.38. The molecular formula is C29H54NO8P. The van der Waals surface area contributed by atoms with Crippen LogP contribution in [0, 0.1) is 0 Å². The molecular weight excluding hydrogens is 521 g/mol. The van der Waals surface area contributed by atoms with Gasteiger partial charge in [0, 0.05) is 19.4 Å². The third kappa shape index (κ3) is 27.8. The number of aliphatic hydroxyl groups is 1. The number of phosphoric acid groups is 1. The van der Waals surface area contributed by atoms with Crippen molar-refractivity contribution in [3.05, 3.63) is 24.3 Å². The first-order valence-electron chi connectivity index (χ1n) is 14.8. The maximum absolute atomic E-state index is 11.9. The van der Waals surface area contributed by atoms with E-state index in [-0.39, 0.29) is 32.1 Å². The van der Waals surface area contributed by atoms with Crippen molar-refractivity contribution in [2.24, 2.45) is 0 Å². The number of phosphoric ester groups is 1. The molecule has 0 aliphatic carbocycles. The summed E-state index contributed by atoms with van der Waals surface area (Å²) < 4.78 is 26.1. The molecule has 2 unspecified atom stereocenters. The maximum Gasteiger partial charge on any atom is 0.472 e. The van der Waals surface area contributed by atoms with Crippen molar-refractivity contribution >= 4 is 19.7 Å². The molecule has 39 heavy (non-hydrogen) atoms. The van der Waals surface area contributed by atoms with Crippen LogP contribution in [-0.2, 0) is 27.9 Å². The van der Waals surface area contributed by atoms with Gasteiger partial charge in [-0.05, 0) is 44.9 Å². The molecule has 10 heteroatoms. The highest BCUT2D eigenvalue weighted by Crippen LogP contribution is 2.42. The summed E-state index contributed by atoms with van der Waals surface area (Å²) in [6, 6.07) is 0. The Hall–Kier alpha value is -1.51. The Balaban J connectivity index is 3.57. The van der Waals surface area contributed by atoms with Crippen LogP contribution in [0.4, 0.5) is 0 Å².